The molecule has 1 aliphatic carbocycles. The van der Waals surface area contributed by atoms with Gasteiger partial charge in [-0.25, -0.2) is 9.97 Å². The van der Waals surface area contributed by atoms with Crippen molar-refractivity contribution in [3.63, 3.8) is 0 Å². The third-order valence-electron chi connectivity index (χ3n) is 4.16. The lowest BCUT2D eigenvalue weighted by molar-refractivity contribution is -0.000230. The van der Waals surface area contributed by atoms with Crippen LogP contribution >= 0.6 is 0 Å². The summed E-state index contributed by atoms with van der Waals surface area (Å²) >= 11 is 0. The van der Waals surface area contributed by atoms with Crippen LogP contribution in [0.3, 0.4) is 0 Å². The third kappa shape index (κ3) is 5.04. The minimum atomic E-state index is 0.0768. The van der Waals surface area contributed by atoms with E-state index < -0.39 is 0 Å². The van der Waals surface area contributed by atoms with Crippen molar-refractivity contribution < 1.29 is 4.74 Å². The smallest absolute Gasteiger partial charge is 0.157 e. The number of hydrogen-bond donors (Lipinski definition) is 1. The summed E-state index contributed by atoms with van der Waals surface area (Å²) in [7, 11) is 0. The maximum Gasteiger partial charge on any atom is 0.157 e. The van der Waals surface area contributed by atoms with Crippen LogP contribution in [0, 0.1) is 5.92 Å². The summed E-state index contributed by atoms with van der Waals surface area (Å²) in [5.74, 6) is 1.45. The van der Waals surface area contributed by atoms with Gasteiger partial charge in [0.05, 0.1) is 0 Å². The fourth-order valence-corrected chi connectivity index (χ4v) is 3.05. The molecule has 4 nitrogen and oxygen atoms in total. The largest absolute Gasteiger partial charge is 0.370 e. The molecule has 1 aromatic heterocycles. The summed E-state index contributed by atoms with van der Waals surface area (Å²) in [6.07, 6.45) is 11.6. The molecule has 0 aliphatic heterocycles. The van der Waals surface area contributed by atoms with Gasteiger partial charge in [0.15, 0.2) is 5.82 Å². The Morgan fingerprint density at radius 1 is 1.19 bits per heavy atom. The molecule has 0 aromatic carbocycles. The number of rotatable bonds is 8. The number of nitrogens with zero attached hydrogens (tertiary/aromatic N) is 2. The summed E-state index contributed by atoms with van der Waals surface area (Å²) in [4.78, 5) is 9.15. The van der Waals surface area contributed by atoms with Crippen LogP contribution in [-0.2, 0) is 11.3 Å². The minimum Gasteiger partial charge on any atom is -0.370 e. The SMILES string of the molecule is CCCNCc1cnc(C(OCC)C2CCCCC2)nc1. The molecule has 1 heterocycles. The molecule has 21 heavy (non-hydrogen) atoms. The van der Waals surface area contributed by atoms with Gasteiger partial charge in [-0.05, 0) is 38.6 Å². The van der Waals surface area contributed by atoms with Crippen molar-refractivity contribution in [2.24, 2.45) is 5.92 Å². The molecule has 0 radical (unpaired) electrons. The van der Waals surface area contributed by atoms with E-state index in [4.69, 9.17) is 4.74 Å². The van der Waals surface area contributed by atoms with Crippen LogP contribution in [0.15, 0.2) is 12.4 Å². The van der Waals surface area contributed by atoms with Gasteiger partial charge in [-0.3, -0.25) is 0 Å². The topological polar surface area (TPSA) is 47.0 Å². The average molecular weight is 291 g/mol. The van der Waals surface area contributed by atoms with E-state index in [1.54, 1.807) is 0 Å². The molecule has 1 atom stereocenters. The predicted octanol–water partition coefficient (Wildman–Crippen LogP) is 3.63. The standard InChI is InChI=1S/C17H29N3O/c1-3-10-18-11-14-12-19-17(20-13-14)16(21-4-2)15-8-6-5-7-9-15/h12-13,15-16,18H,3-11H2,1-2H3. The number of ether oxygens (including phenoxy) is 1. The van der Waals surface area contributed by atoms with E-state index in [-0.39, 0.29) is 6.10 Å². The van der Waals surface area contributed by atoms with Crippen LogP contribution in [0.4, 0.5) is 0 Å². The second kappa shape index (κ2) is 9.11. The maximum absolute atomic E-state index is 5.97. The van der Waals surface area contributed by atoms with Gasteiger partial charge in [0, 0.05) is 31.1 Å². The Labute approximate surface area is 128 Å². The van der Waals surface area contributed by atoms with Crippen molar-refractivity contribution in [1.82, 2.24) is 15.3 Å². The van der Waals surface area contributed by atoms with E-state index in [9.17, 15) is 0 Å². The van der Waals surface area contributed by atoms with Crippen molar-refractivity contribution in [3.8, 4) is 0 Å². The lowest BCUT2D eigenvalue weighted by Crippen LogP contribution is -2.21. The van der Waals surface area contributed by atoms with E-state index in [1.165, 1.54) is 32.1 Å². The highest BCUT2D eigenvalue weighted by atomic mass is 16.5. The first-order chi connectivity index (χ1) is 10.3. The molecule has 1 fully saturated rings. The summed E-state index contributed by atoms with van der Waals surface area (Å²) in [5, 5.41) is 3.38. The molecule has 1 aromatic rings. The molecule has 2 rings (SSSR count). The molecule has 0 saturated heterocycles. The van der Waals surface area contributed by atoms with Crippen LogP contribution in [0.5, 0.6) is 0 Å². The van der Waals surface area contributed by atoms with Crippen molar-refractivity contribution in [2.45, 2.75) is 65.0 Å². The zero-order valence-electron chi connectivity index (χ0n) is 13.5. The van der Waals surface area contributed by atoms with Gasteiger partial charge in [-0.15, -0.1) is 0 Å². The van der Waals surface area contributed by atoms with Crippen LogP contribution in [0.2, 0.25) is 0 Å². The third-order valence-corrected chi connectivity index (χ3v) is 4.16. The van der Waals surface area contributed by atoms with Gasteiger partial charge < -0.3 is 10.1 Å². The van der Waals surface area contributed by atoms with E-state index in [2.05, 4.69) is 29.1 Å². The fourth-order valence-electron chi connectivity index (χ4n) is 3.05. The quantitative estimate of drug-likeness (QED) is 0.743. The summed E-state index contributed by atoms with van der Waals surface area (Å²) in [6, 6.07) is 0. The van der Waals surface area contributed by atoms with Crippen LogP contribution < -0.4 is 5.32 Å². The lowest BCUT2D eigenvalue weighted by atomic mass is 9.85. The van der Waals surface area contributed by atoms with Crippen molar-refractivity contribution >= 4 is 0 Å². The molecule has 1 unspecified atom stereocenters. The molecular formula is C17H29N3O. The van der Waals surface area contributed by atoms with Crippen molar-refractivity contribution in [1.29, 1.82) is 0 Å². The fraction of sp³-hybridized carbons (Fsp3) is 0.765. The molecule has 1 N–H and O–H groups in total. The number of nitrogens with one attached hydrogen (secondary N) is 1. The maximum atomic E-state index is 5.97. The molecule has 1 aliphatic rings. The van der Waals surface area contributed by atoms with Gasteiger partial charge in [0.1, 0.15) is 6.10 Å². The molecule has 0 spiro atoms. The molecule has 0 bridgehead atoms. The van der Waals surface area contributed by atoms with E-state index in [0.29, 0.717) is 5.92 Å². The Hall–Kier alpha value is -1.00. The summed E-state index contributed by atoms with van der Waals surface area (Å²) < 4.78 is 5.97. The second-order valence-electron chi connectivity index (χ2n) is 5.90. The molecule has 118 valence electrons. The lowest BCUT2D eigenvalue weighted by Gasteiger charge is -2.29. The van der Waals surface area contributed by atoms with E-state index in [1.807, 2.05) is 12.4 Å². The first kappa shape index (κ1) is 16.4. The molecule has 1 saturated carbocycles. The van der Waals surface area contributed by atoms with Crippen LogP contribution in [0.25, 0.3) is 0 Å². The predicted molar refractivity (Wildman–Crippen MR) is 85.0 cm³/mol. The number of aromatic nitrogens is 2. The van der Waals surface area contributed by atoms with Gasteiger partial charge in [0.2, 0.25) is 0 Å². The molecule has 4 heteroatoms. The molecular weight excluding hydrogens is 262 g/mol. The Bertz CT molecular complexity index is 388. The van der Waals surface area contributed by atoms with Crippen molar-refractivity contribution in [3.05, 3.63) is 23.8 Å². The Kier molecular flexibility index (Phi) is 7.10. The highest BCUT2D eigenvalue weighted by molar-refractivity contribution is 5.07. The summed E-state index contributed by atoms with van der Waals surface area (Å²) in [5.41, 5.74) is 1.14. The van der Waals surface area contributed by atoms with E-state index in [0.717, 1.165) is 37.5 Å². The first-order valence-corrected chi connectivity index (χ1v) is 8.48. The normalized spacial score (nSPS) is 17.8. The number of hydrogen-bond acceptors (Lipinski definition) is 4. The second-order valence-corrected chi connectivity index (χ2v) is 5.90. The zero-order valence-corrected chi connectivity index (χ0v) is 13.5. The first-order valence-electron chi connectivity index (χ1n) is 8.48. The minimum absolute atomic E-state index is 0.0768. The highest BCUT2D eigenvalue weighted by Gasteiger charge is 2.27. The van der Waals surface area contributed by atoms with Crippen molar-refractivity contribution in [2.75, 3.05) is 13.2 Å². The monoisotopic (exact) mass is 291 g/mol. The Morgan fingerprint density at radius 2 is 1.90 bits per heavy atom. The highest BCUT2D eigenvalue weighted by Crippen LogP contribution is 2.35. The average Bonchev–Trinajstić information content (AvgIpc) is 2.54. The van der Waals surface area contributed by atoms with Crippen LogP contribution in [-0.4, -0.2) is 23.1 Å². The molecule has 0 amide bonds. The van der Waals surface area contributed by atoms with Gasteiger partial charge in [0.25, 0.3) is 0 Å². The van der Waals surface area contributed by atoms with Crippen LogP contribution in [0.1, 0.15) is 69.9 Å². The zero-order chi connectivity index (χ0) is 14.9. The van der Waals surface area contributed by atoms with E-state index >= 15 is 0 Å². The Balaban J connectivity index is 1.98. The summed E-state index contributed by atoms with van der Waals surface area (Å²) in [6.45, 7) is 6.83. The Morgan fingerprint density at radius 3 is 2.52 bits per heavy atom. The van der Waals surface area contributed by atoms with Gasteiger partial charge in [-0.2, -0.15) is 0 Å². The van der Waals surface area contributed by atoms with Gasteiger partial charge in [-0.1, -0.05) is 26.2 Å². The van der Waals surface area contributed by atoms with Gasteiger partial charge >= 0.3 is 0 Å².